The summed E-state index contributed by atoms with van der Waals surface area (Å²) in [5.74, 6) is 0.450. The monoisotopic (exact) mass is 273 g/mol. The van der Waals surface area contributed by atoms with Crippen molar-refractivity contribution in [2.75, 3.05) is 5.32 Å². The zero-order chi connectivity index (χ0) is 13.4. The summed E-state index contributed by atoms with van der Waals surface area (Å²) in [6, 6.07) is 6.34. The molecule has 0 fully saturated rings. The molecule has 0 aliphatic heterocycles. The second-order valence-corrected chi connectivity index (χ2v) is 5.52. The lowest BCUT2D eigenvalue weighted by Gasteiger charge is -2.07. The molecule has 5 heteroatoms. The smallest absolute Gasteiger partial charge is 0.142 e. The zero-order valence-corrected chi connectivity index (χ0v) is 11.4. The molecule has 0 radical (unpaired) electrons. The molecular weight excluding hydrogens is 261 g/mol. The van der Waals surface area contributed by atoms with Crippen molar-refractivity contribution < 1.29 is 4.39 Å². The van der Waals surface area contributed by atoms with E-state index in [1.807, 2.05) is 13.0 Å². The van der Waals surface area contributed by atoms with Crippen molar-refractivity contribution in [3.8, 4) is 0 Å². The van der Waals surface area contributed by atoms with Gasteiger partial charge in [0.15, 0.2) is 0 Å². The van der Waals surface area contributed by atoms with Crippen LogP contribution in [-0.4, -0.2) is 9.97 Å². The lowest BCUT2D eigenvalue weighted by atomic mass is 10.2. The predicted molar refractivity (Wildman–Crippen MR) is 76.6 cm³/mol. The van der Waals surface area contributed by atoms with E-state index in [0.29, 0.717) is 5.69 Å². The highest BCUT2D eigenvalue weighted by atomic mass is 32.1. The summed E-state index contributed by atoms with van der Waals surface area (Å²) in [5, 5.41) is 4.17. The van der Waals surface area contributed by atoms with Crippen molar-refractivity contribution in [1.29, 1.82) is 0 Å². The third kappa shape index (κ3) is 2.17. The number of thiophene rings is 1. The SMILES string of the molecule is Cc1sc2ncnc(Nc3cccc(F)c3)c2c1C. The summed E-state index contributed by atoms with van der Waals surface area (Å²) in [7, 11) is 0. The Morgan fingerprint density at radius 3 is 2.84 bits per heavy atom. The molecule has 0 spiro atoms. The molecule has 0 aliphatic carbocycles. The molecule has 0 amide bonds. The first-order chi connectivity index (χ1) is 9.15. The zero-order valence-electron chi connectivity index (χ0n) is 10.6. The highest BCUT2D eigenvalue weighted by Crippen LogP contribution is 2.33. The van der Waals surface area contributed by atoms with Crippen LogP contribution in [0.3, 0.4) is 0 Å². The number of hydrogen-bond acceptors (Lipinski definition) is 4. The number of benzene rings is 1. The fraction of sp³-hybridized carbons (Fsp3) is 0.143. The van der Waals surface area contributed by atoms with Gasteiger partial charge in [0.1, 0.15) is 22.8 Å². The van der Waals surface area contributed by atoms with Gasteiger partial charge in [0, 0.05) is 10.6 Å². The maximum Gasteiger partial charge on any atom is 0.142 e. The Morgan fingerprint density at radius 1 is 1.21 bits per heavy atom. The molecule has 3 rings (SSSR count). The molecule has 0 aliphatic rings. The van der Waals surface area contributed by atoms with Crippen LogP contribution in [0, 0.1) is 19.7 Å². The van der Waals surface area contributed by atoms with Crippen molar-refractivity contribution in [3.63, 3.8) is 0 Å². The van der Waals surface area contributed by atoms with Crippen LogP contribution in [0.5, 0.6) is 0 Å². The number of aromatic nitrogens is 2. The lowest BCUT2D eigenvalue weighted by Crippen LogP contribution is -1.95. The van der Waals surface area contributed by atoms with Crippen LogP contribution < -0.4 is 5.32 Å². The lowest BCUT2D eigenvalue weighted by molar-refractivity contribution is 0.628. The van der Waals surface area contributed by atoms with Gasteiger partial charge in [0.25, 0.3) is 0 Å². The number of hydrogen-bond donors (Lipinski definition) is 1. The van der Waals surface area contributed by atoms with Gasteiger partial charge in [-0.1, -0.05) is 6.07 Å². The third-order valence-corrected chi connectivity index (χ3v) is 4.17. The van der Waals surface area contributed by atoms with E-state index in [1.54, 1.807) is 17.4 Å². The average Bonchev–Trinajstić information content (AvgIpc) is 2.66. The Bertz CT molecular complexity index is 752. The normalized spacial score (nSPS) is 10.9. The molecule has 0 saturated carbocycles. The van der Waals surface area contributed by atoms with Gasteiger partial charge in [-0.3, -0.25) is 0 Å². The number of anilines is 2. The molecular formula is C14H12FN3S. The molecule has 1 N–H and O–H groups in total. The van der Waals surface area contributed by atoms with E-state index in [0.717, 1.165) is 16.0 Å². The van der Waals surface area contributed by atoms with E-state index in [2.05, 4.69) is 22.2 Å². The quantitative estimate of drug-likeness (QED) is 0.760. The largest absolute Gasteiger partial charge is 0.339 e. The molecule has 1 aromatic carbocycles. The molecule has 0 saturated heterocycles. The first-order valence-corrected chi connectivity index (χ1v) is 6.70. The number of halogens is 1. The van der Waals surface area contributed by atoms with Crippen LogP contribution in [0.4, 0.5) is 15.9 Å². The number of nitrogens with zero attached hydrogens (tertiary/aromatic N) is 2. The van der Waals surface area contributed by atoms with Crippen molar-refractivity contribution in [1.82, 2.24) is 9.97 Å². The second-order valence-electron chi connectivity index (χ2n) is 4.32. The Hall–Kier alpha value is -2.01. The number of rotatable bonds is 2. The highest BCUT2D eigenvalue weighted by Gasteiger charge is 2.11. The second kappa shape index (κ2) is 4.59. The summed E-state index contributed by atoms with van der Waals surface area (Å²) < 4.78 is 13.2. The predicted octanol–water partition coefficient (Wildman–Crippen LogP) is 4.19. The van der Waals surface area contributed by atoms with Gasteiger partial charge in [0.05, 0.1) is 5.39 Å². The number of nitrogens with one attached hydrogen (secondary N) is 1. The number of aryl methyl sites for hydroxylation is 2. The highest BCUT2D eigenvalue weighted by molar-refractivity contribution is 7.18. The van der Waals surface area contributed by atoms with Gasteiger partial charge in [-0.25, -0.2) is 14.4 Å². The van der Waals surface area contributed by atoms with E-state index in [4.69, 9.17) is 0 Å². The molecule has 2 aromatic heterocycles. The van der Waals surface area contributed by atoms with E-state index < -0.39 is 0 Å². The first kappa shape index (κ1) is 12.0. The van der Waals surface area contributed by atoms with Gasteiger partial charge in [-0.2, -0.15) is 0 Å². The van der Waals surface area contributed by atoms with Crippen molar-refractivity contribution in [2.45, 2.75) is 13.8 Å². The third-order valence-electron chi connectivity index (χ3n) is 3.05. The minimum atomic E-state index is -0.270. The first-order valence-electron chi connectivity index (χ1n) is 5.88. The van der Waals surface area contributed by atoms with Gasteiger partial charge in [-0.15, -0.1) is 11.3 Å². The Balaban J connectivity index is 2.10. The molecule has 96 valence electrons. The molecule has 2 heterocycles. The minimum Gasteiger partial charge on any atom is -0.339 e. The molecule has 0 unspecified atom stereocenters. The summed E-state index contributed by atoms with van der Waals surface area (Å²) in [4.78, 5) is 10.7. The molecule has 3 nitrogen and oxygen atoms in total. The summed E-state index contributed by atoms with van der Waals surface area (Å²) in [6.45, 7) is 4.11. The Kier molecular flexibility index (Phi) is 2.91. The van der Waals surface area contributed by atoms with Crippen LogP contribution in [0.25, 0.3) is 10.2 Å². The van der Waals surface area contributed by atoms with Crippen LogP contribution in [0.15, 0.2) is 30.6 Å². The van der Waals surface area contributed by atoms with Crippen molar-refractivity contribution in [3.05, 3.63) is 46.9 Å². The minimum absolute atomic E-state index is 0.270. The van der Waals surface area contributed by atoms with Crippen LogP contribution in [-0.2, 0) is 0 Å². The van der Waals surface area contributed by atoms with Crippen molar-refractivity contribution in [2.24, 2.45) is 0 Å². The Morgan fingerprint density at radius 2 is 2.05 bits per heavy atom. The topological polar surface area (TPSA) is 37.8 Å². The molecule has 0 bridgehead atoms. The summed E-state index contributed by atoms with van der Waals surface area (Å²) in [5.41, 5.74) is 1.85. The molecule has 0 atom stereocenters. The van der Waals surface area contributed by atoms with E-state index >= 15 is 0 Å². The van der Waals surface area contributed by atoms with Gasteiger partial charge < -0.3 is 5.32 Å². The van der Waals surface area contributed by atoms with E-state index in [9.17, 15) is 4.39 Å². The fourth-order valence-electron chi connectivity index (χ4n) is 1.98. The Labute approximate surface area is 114 Å². The summed E-state index contributed by atoms with van der Waals surface area (Å²) in [6.07, 6.45) is 1.53. The maximum atomic E-state index is 13.2. The van der Waals surface area contributed by atoms with E-state index in [1.165, 1.54) is 28.9 Å². The van der Waals surface area contributed by atoms with E-state index in [-0.39, 0.29) is 5.82 Å². The fourth-order valence-corrected chi connectivity index (χ4v) is 2.98. The van der Waals surface area contributed by atoms with Gasteiger partial charge in [0.2, 0.25) is 0 Å². The molecule has 3 aromatic rings. The van der Waals surface area contributed by atoms with Crippen LogP contribution >= 0.6 is 11.3 Å². The van der Waals surface area contributed by atoms with Gasteiger partial charge >= 0.3 is 0 Å². The van der Waals surface area contributed by atoms with Crippen LogP contribution in [0.1, 0.15) is 10.4 Å². The van der Waals surface area contributed by atoms with Gasteiger partial charge in [-0.05, 0) is 37.6 Å². The molecule has 19 heavy (non-hydrogen) atoms. The average molecular weight is 273 g/mol. The van der Waals surface area contributed by atoms with Crippen molar-refractivity contribution >= 4 is 33.1 Å². The summed E-state index contributed by atoms with van der Waals surface area (Å²) >= 11 is 1.64. The maximum absolute atomic E-state index is 13.2. The van der Waals surface area contributed by atoms with Crippen LogP contribution in [0.2, 0.25) is 0 Å². The standard InChI is InChI=1S/C14H12FN3S/c1-8-9(2)19-14-12(8)13(16-7-17-14)18-11-5-3-4-10(15)6-11/h3-7H,1-2H3,(H,16,17,18). The number of fused-ring (bicyclic) bond motifs is 1.